The van der Waals surface area contributed by atoms with E-state index >= 15 is 0 Å². The summed E-state index contributed by atoms with van der Waals surface area (Å²) >= 11 is 0. The minimum absolute atomic E-state index is 0.0692. The molecule has 2 N–H and O–H groups in total. The molecule has 0 radical (unpaired) electrons. The number of benzene rings is 2. The molecule has 1 aliphatic rings. The van der Waals surface area contributed by atoms with Crippen molar-refractivity contribution < 1.29 is 46.2 Å². The van der Waals surface area contributed by atoms with E-state index in [1.54, 1.807) is 12.1 Å². The molecule has 36 heavy (non-hydrogen) atoms. The summed E-state index contributed by atoms with van der Waals surface area (Å²) in [5.41, 5.74) is 2.25. The molecule has 11 nitrogen and oxygen atoms in total. The summed E-state index contributed by atoms with van der Waals surface area (Å²) in [6, 6.07) is 5.88. The van der Waals surface area contributed by atoms with Crippen LogP contribution in [-0.4, -0.2) is 80.8 Å². The van der Waals surface area contributed by atoms with Crippen LogP contribution in [0.3, 0.4) is 0 Å². The van der Waals surface area contributed by atoms with Gasteiger partial charge in [0.05, 0.1) is 11.5 Å². The third-order valence-corrected chi connectivity index (χ3v) is 7.22. The Morgan fingerprint density at radius 1 is 1.11 bits per heavy atom. The summed E-state index contributed by atoms with van der Waals surface area (Å²) < 4.78 is 71.7. The lowest BCUT2D eigenvalue weighted by atomic mass is 10.2. The highest BCUT2D eigenvalue weighted by Gasteiger charge is 2.42. The molecule has 1 saturated heterocycles. The Kier molecular flexibility index (Phi) is 8.79. The van der Waals surface area contributed by atoms with Gasteiger partial charge in [0, 0.05) is 26.7 Å². The highest BCUT2D eigenvalue weighted by molar-refractivity contribution is 7.89. The fraction of sp³-hybridized carbons (Fsp3) is 0.364. The van der Waals surface area contributed by atoms with Crippen LogP contribution in [0.5, 0.6) is 11.5 Å². The zero-order valence-corrected chi connectivity index (χ0v) is 20.3. The molecule has 2 aromatic carbocycles. The van der Waals surface area contributed by atoms with Crippen molar-refractivity contribution in [3.05, 3.63) is 53.6 Å². The molecule has 0 aromatic heterocycles. The van der Waals surface area contributed by atoms with E-state index in [1.807, 2.05) is 6.92 Å². The predicted molar refractivity (Wildman–Crippen MR) is 120 cm³/mol. The number of piperazine rings is 1. The summed E-state index contributed by atoms with van der Waals surface area (Å²) in [6.07, 6.45) is -0.825. The van der Waals surface area contributed by atoms with Crippen molar-refractivity contribution in [1.82, 2.24) is 14.7 Å². The number of ether oxygens (including phenoxy) is 3. The van der Waals surface area contributed by atoms with Gasteiger partial charge in [-0.1, -0.05) is 17.7 Å². The van der Waals surface area contributed by atoms with Crippen molar-refractivity contribution >= 4 is 22.0 Å². The summed E-state index contributed by atoms with van der Waals surface area (Å²) in [5.74, 6) is -4.36. The van der Waals surface area contributed by atoms with E-state index in [-0.39, 0.29) is 25.5 Å². The maximum absolute atomic E-state index is 14.8. The van der Waals surface area contributed by atoms with Crippen LogP contribution in [0, 0.1) is 18.6 Å². The Balaban J connectivity index is 1.85. The van der Waals surface area contributed by atoms with Crippen LogP contribution in [0.2, 0.25) is 0 Å². The second kappa shape index (κ2) is 11.6. The average molecular weight is 530 g/mol. The number of carbonyl (C=O) groups excluding carboxylic acids is 2. The second-order valence-corrected chi connectivity index (χ2v) is 9.68. The zero-order valence-electron chi connectivity index (χ0n) is 19.4. The monoisotopic (exact) mass is 529 g/mol. The van der Waals surface area contributed by atoms with Gasteiger partial charge in [0.2, 0.25) is 10.0 Å². The smallest absolute Gasteiger partial charge is 0.409 e. The van der Waals surface area contributed by atoms with Crippen LogP contribution in [0.4, 0.5) is 13.6 Å². The van der Waals surface area contributed by atoms with Gasteiger partial charge in [0.1, 0.15) is 18.4 Å². The van der Waals surface area contributed by atoms with Gasteiger partial charge >= 0.3 is 6.09 Å². The Hall–Kier alpha value is -3.33. The van der Waals surface area contributed by atoms with E-state index in [1.165, 1.54) is 24.7 Å². The van der Waals surface area contributed by atoms with E-state index in [0.717, 1.165) is 10.5 Å². The molecule has 1 aliphatic heterocycles. The van der Waals surface area contributed by atoms with E-state index in [0.29, 0.717) is 16.4 Å². The number of nitrogens with zero attached hydrogens (tertiary/aromatic N) is 2. The Morgan fingerprint density at radius 3 is 2.33 bits per heavy atom. The van der Waals surface area contributed by atoms with Gasteiger partial charge in [0.25, 0.3) is 5.91 Å². The quantitative estimate of drug-likeness (QED) is 0.301. The first-order valence-electron chi connectivity index (χ1n) is 10.7. The number of methoxy groups -OCH3 is 1. The number of carbonyl (C=O) groups is 2. The van der Waals surface area contributed by atoms with Crippen molar-refractivity contribution in [2.75, 3.05) is 40.0 Å². The third-order valence-electron chi connectivity index (χ3n) is 5.33. The van der Waals surface area contributed by atoms with Crippen molar-refractivity contribution in [2.45, 2.75) is 17.9 Å². The van der Waals surface area contributed by atoms with Gasteiger partial charge in [-0.05, 0) is 31.2 Å². The first kappa shape index (κ1) is 27.3. The van der Waals surface area contributed by atoms with Crippen LogP contribution in [-0.2, 0) is 24.3 Å². The number of aryl methyl sites for hydroxylation is 1. The summed E-state index contributed by atoms with van der Waals surface area (Å²) in [5, 5.41) is 9.11. The van der Waals surface area contributed by atoms with Gasteiger partial charge in [-0.25, -0.2) is 27.5 Å². The lowest BCUT2D eigenvalue weighted by Gasteiger charge is -2.38. The normalized spacial score (nSPS) is 16.5. The molecule has 14 heteroatoms. The van der Waals surface area contributed by atoms with Crippen LogP contribution >= 0.6 is 0 Å². The highest BCUT2D eigenvalue weighted by atomic mass is 32.2. The fourth-order valence-corrected chi connectivity index (χ4v) is 5.05. The summed E-state index contributed by atoms with van der Waals surface area (Å²) in [6.45, 7) is 0.808. The molecule has 1 fully saturated rings. The van der Waals surface area contributed by atoms with Gasteiger partial charge in [-0.3, -0.25) is 10.0 Å². The maximum Gasteiger partial charge on any atom is 0.409 e. The topological polar surface area (TPSA) is 135 Å². The largest absolute Gasteiger partial charge is 0.451 e. The molecule has 0 aliphatic carbocycles. The highest BCUT2D eigenvalue weighted by Crippen LogP contribution is 2.32. The molecule has 1 atom stereocenters. The molecule has 2 amide bonds. The van der Waals surface area contributed by atoms with Gasteiger partial charge in [-0.15, -0.1) is 0 Å². The van der Waals surface area contributed by atoms with E-state index < -0.39 is 63.4 Å². The number of halogens is 2. The molecule has 1 heterocycles. The molecular weight excluding hydrogens is 504 g/mol. The van der Waals surface area contributed by atoms with Crippen molar-refractivity contribution in [3.63, 3.8) is 0 Å². The van der Waals surface area contributed by atoms with E-state index in [2.05, 4.69) is 0 Å². The van der Waals surface area contributed by atoms with Crippen molar-refractivity contribution in [2.24, 2.45) is 0 Å². The fourth-order valence-electron chi connectivity index (χ4n) is 3.45. The SMILES string of the molecule is COCCOC(=O)N1CCN(S(=O)(=O)c2cc(F)c(Oc3ccc(C)cc3)c(F)c2)[C@@H](C(=O)NO)C1. The number of rotatable bonds is 8. The predicted octanol–water partition coefficient (Wildman–Crippen LogP) is 2.03. The minimum atomic E-state index is -4.65. The molecular formula is C22H25F2N3O8S. The van der Waals surface area contributed by atoms with Gasteiger partial charge in [-0.2, -0.15) is 4.31 Å². The Morgan fingerprint density at radius 2 is 1.75 bits per heavy atom. The Bertz CT molecular complexity index is 1190. The number of sulfonamides is 1. The summed E-state index contributed by atoms with van der Waals surface area (Å²) in [4.78, 5) is 24.8. The molecule has 0 saturated carbocycles. The van der Waals surface area contributed by atoms with Crippen molar-refractivity contribution in [3.8, 4) is 11.5 Å². The Labute approximate surface area is 206 Å². The summed E-state index contributed by atoms with van der Waals surface area (Å²) in [7, 11) is -3.24. The van der Waals surface area contributed by atoms with Crippen molar-refractivity contribution in [1.29, 1.82) is 0 Å². The lowest BCUT2D eigenvalue weighted by molar-refractivity contribution is -0.134. The molecule has 3 rings (SSSR count). The van der Waals surface area contributed by atoms with E-state index in [4.69, 9.17) is 19.4 Å². The van der Waals surface area contributed by atoms with Gasteiger partial charge < -0.3 is 19.1 Å². The average Bonchev–Trinajstić information content (AvgIpc) is 2.86. The van der Waals surface area contributed by atoms with Crippen LogP contribution in [0.1, 0.15) is 5.56 Å². The standard InChI is InChI=1S/C22H25F2N3O8S/c1-14-3-5-15(6-4-14)35-20-17(23)11-16(12-18(20)24)36(31,32)27-8-7-26(13-19(27)21(28)25-30)22(29)34-10-9-33-2/h3-6,11-12,19,30H,7-10,13H2,1-2H3,(H,25,28)/t19-/m1/s1. The third kappa shape index (κ3) is 6.07. The maximum atomic E-state index is 14.8. The molecule has 0 bridgehead atoms. The molecule has 2 aromatic rings. The molecule has 0 unspecified atom stereocenters. The molecule has 196 valence electrons. The number of hydrogen-bond acceptors (Lipinski definition) is 8. The van der Waals surface area contributed by atoms with Gasteiger partial charge in [0.15, 0.2) is 17.4 Å². The van der Waals surface area contributed by atoms with E-state index in [9.17, 15) is 26.8 Å². The van der Waals surface area contributed by atoms with Crippen LogP contribution in [0.25, 0.3) is 0 Å². The first-order valence-corrected chi connectivity index (χ1v) is 12.1. The number of amides is 2. The first-order chi connectivity index (χ1) is 17.1. The minimum Gasteiger partial charge on any atom is -0.451 e. The second-order valence-electron chi connectivity index (χ2n) is 7.79. The number of hydroxylamine groups is 1. The molecule has 0 spiro atoms. The van der Waals surface area contributed by atoms with Crippen LogP contribution < -0.4 is 10.2 Å². The number of nitrogens with one attached hydrogen (secondary N) is 1. The lowest BCUT2D eigenvalue weighted by Crippen LogP contribution is -2.61. The zero-order chi connectivity index (χ0) is 26.5. The number of hydrogen-bond donors (Lipinski definition) is 2. The van der Waals surface area contributed by atoms with Crippen LogP contribution in [0.15, 0.2) is 41.3 Å².